The zero-order valence-electron chi connectivity index (χ0n) is 11.6. The molecule has 1 aromatic rings. The topological polar surface area (TPSA) is 58.2 Å². The highest BCUT2D eigenvalue weighted by molar-refractivity contribution is 5.84. The van der Waals surface area contributed by atoms with E-state index in [4.69, 9.17) is 4.74 Å². The predicted molar refractivity (Wildman–Crippen MR) is 70.9 cm³/mol. The molecule has 1 aliphatic heterocycles. The van der Waals surface area contributed by atoms with E-state index in [0.29, 0.717) is 19.8 Å². The first kappa shape index (κ1) is 12.7. The summed E-state index contributed by atoms with van der Waals surface area (Å²) < 4.78 is 5.49. The van der Waals surface area contributed by atoms with Crippen LogP contribution in [0.3, 0.4) is 0 Å². The number of hydrogen-bond acceptors (Lipinski definition) is 3. The second-order valence-corrected chi connectivity index (χ2v) is 6.11. The number of nitrogens with zero attached hydrogens (tertiary/aromatic N) is 2. The minimum Gasteiger partial charge on any atom is -0.377 e. The van der Waals surface area contributed by atoms with Crippen molar-refractivity contribution in [3.8, 4) is 0 Å². The normalized spacial score (nSPS) is 26.0. The SMILES string of the molecule is CC1(C)COCCN1C(=O)C1CCCc2cn[nH]c21. The van der Waals surface area contributed by atoms with Crippen LogP contribution in [-0.2, 0) is 16.0 Å². The van der Waals surface area contributed by atoms with E-state index in [1.807, 2.05) is 11.1 Å². The van der Waals surface area contributed by atoms with E-state index in [9.17, 15) is 4.79 Å². The van der Waals surface area contributed by atoms with Crippen LogP contribution in [0.2, 0.25) is 0 Å². The van der Waals surface area contributed by atoms with Gasteiger partial charge in [0, 0.05) is 6.54 Å². The number of aromatic nitrogens is 2. The van der Waals surface area contributed by atoms with Crippen molar-refractivity contribution in [2.24, 2.45) is 0 Å². The number of hydrogen-bond donors (Lipinski definition) is 1. The van der Waals surface area contributed by atoms with E-state index >= 15 is 0 Å². The first-order chi connectivity index (χ1) is 9.09. The number of amides is 1. The molecule has 19 heavy (non-hydrogen) atoms. The van der Waals surface area contributed by atoms with Crippen LogP contribution in [0.1, 0.15) is 43.9 Å². The molecule has 1 fully saturated rings. The molecule has 1 atom stereocenters. The molecule has 1 unspecified atom stereocenters. The van der Waals surface area contributed by atoms with Crippen LogP contribution in [-0.4, -0.2) is 46.3 Å². The van der Waals surface area contributed by atoms with Gasteiger partial charge in [-0.15, -0.1) is 0 Å². The Bertz CT molecular complexity index is 481. The van der Waals surface area contributed by atoms with Crippen LogP contribution in [0.4, 0.5) is 0 Å². The van der Waals surface area contributed by atoms with Gasteiger partial charge in [0.25, 0.3) is 0 Å². The van der Waals surface area contributed by atoms with E-state index in [0.717, 1.165) is 25.0 Å². The quantitative estimate of drug-likeness (QED) is 0.834. The van der Waals surface area contributed by atoms with Crippen molar-refractivity contribution >= 4 is 5.91 Å². The third kappa shape index (κ3) is 2.16. The Morgan fingerprint density at radius 1 is 1.58 bits per heavy atom. The zero-order valence-corrected chi connectivity index (χ0v) is 11.6. The summed E-state index contributed by atoms with van der Waals surface area (Å²) in [4.78, 5) is 14.8. The molecule has 0 radical (unpaired) electrons. The summed E-state index contributed by atoms with van der Waals surface area (Å²) >= 11 is 0. The molecule has 1 N–H and O–H groups in total. The molecule has 0 aromatic carbocycles. The number of ether oxygens (including phenoxy) is 1. The smallest absolute Gasteiger partial charge is 0.232 e. The zero-order chi connectivity index (χ0) is 13.5. The Kier molecular flexibility index (Phi) is 3.09. The average Bonchev–Trinajstić information content (AvgIpc) is 2.85. The van der Waals surface area contributed by atoms with Crippen LogP contribution >= 0.6 is 0 Å². The van der Waals surface area contributed by atoms with Gasteiger partial charge in [0.05, 0.1) is 36.6 Å². The largest absolute Gasteiger partial charge is 0.377 e. The lowest BCUT2D eigenvalue weighted by molar-refractivity contribution is -0.148. The number of rotatable bonds is 1. The van der Waals surface area contributed by atoms with Crippen molar-refractivity contribution in [1.82, 2.24) is 15.1 Å². The molecular formula is C14H21N3O2. The van der Waals surface area contributed by atoms with Gasteiger partial charge in [0.1, 0.15) is 0 Å². The maximum absolute atomic E-state index is 12.9. The number of H-pyrrole nitrogens is 1. The number of nitrogens with one attached hydrogen (secondary N) is 1. The lowest BCUT2D eigenvalue weighted by Gasteiger charge is -2.44. The summed E-state index contributed by atoms with van der Waals surface area (Å²) in [5.41, 5.74) is 2.02. The summed E-state index contributed by atoms with van der Waals surface area (Å²) in [5, 5.41) is 7.12. The van der Waals surface area contributed by atoms with Crippen LogP contribution in [0.5, 0.6) is 0 Å². The average molecular weight is 263 g/mol. The molecule has 0 spiro atoms. The molecule has 3 rings (SSSR count). The second-order valence-electron chi connectivity index (χ2n) is 6.11. The molecular weight excluding hydrogens is 242 g/mol. The van der Waals surface area contributed by atoms with E-state index in [1.54, 1.807) is 0 Å². The molecule has 5 heteroatoms. The van der Waals surface area contributed by atoms with E-state index in [-0.39, 0.29) is 17.4 Å². The van der Waals surface area contributed by atoms with Gasteiger partial charge < -0.3 is 9.64 Å². The number of carbonyl (C=O) groups is 1. The Morgan fingerprint density at radius 2 is 2.42 bits per heavy atom. The first-order valence-electron chi connectivity index (χ1n) is 7.01. The van der Waals surface area contributed by atoms with Gasteiger partial charge in [-0.05, 0) is 38.7 Å². The lowest BCUT2D eigenvalue weighted by atomic mass is 9.86. The standard InChI is InChI=1S/C14H21N3O2/c1-14(2)9-19-7-6-17(14)13(18)11-5-3-4-10-8-15-16-12(10)11/h8,11H,3-7,9H2,1-2H3,(H,15,16). The molecule has 2 heterocycles. The van der Waals surface area contributed by atoms with Gasteiger partial charge in [-0.2, -0.15) is 5.10 Å². The van der Waals surface area contributed by atoms with Gasteiger partial charge >= 0.3 is 0 Å². The van der Waals surface area contributed by atoms with Crippen LogP contribution in [0.25, 0.3) is 0 Å². The molecule has 1 amide bonds. The van der Waals surface area contributed by atoms with Crippen molar-refractivity contribution in [1.29, 1.82) is 0 Å². The van der Waals surface area contributed by atoms with Crippen molar-refractivity contribution in [3.05, 3.63) is 17.5 Å². The van der Waals surface area contributed by atoms with Gasteiger partial charge in [-0.25, -0.2) is 0 Å². The van der Waals surface area contributed by atoms with E-state index < -0.39 is 0 Å². The minimum absolute atomic E-state index is 0.0522. The number of morpholine rings is 1. The number of aromatic amines is 1. The molecule has 1 aliphatic carbocycles. The summed E-state index contributed by atoms with van der Waals surface area (Å²) in [5.74, 6) is 0.169. The minimum atomic E-state index is -0.215. The number of aryl methyl sites for hydroxylation is 1. The maximum Gasteiger partial charge on any atom is 0.232 e. The Morgan fingerprint density at radius 3 is 3.21 bits per heavy atom. The maximum atomic E-state index is 12.9. The van der Waals surface area contributed by atoms with Crippen molar-refractivity contribution in [3.63, 3.8) is 0 Å². The van der Waals surface area contributed by atoms with Gasteiger partial charge in [-0.1, -0.05) is 0 Å². The summed E-state index contributed by atoms with van der Waals surface area (Å²) in [6.07, 6.45) is 4.87. The Balaban J connectivity index is 1.85. The molecule has 0 bridgehead atoms. The number of fused-ring (bicyclic) bond motifs is 1. The summed E-state index contributed by atoms with van der Waals surface area (Å²) in [6.45, 7) is 6.08. The Labute approximate surface area is 113 Å². The van der Waals surface area contributed by atoms with E-state index in [2.05, 4.69) is 24.0 Å². The second kappa shape index (κ2) is 4.63. The highest BCUT2D eigenvalue weighted by Gasteiger charge is 2.39. The monoisotopic (exact) mass is 263 g/mol. The fourth-order valence-corrected chi connectivity index (χ4v) is 3.16. The molecule has 5 nitrogen and oxygen atoms in total. The molecule has 1 saturated heterocycles. The fraction of sp³-hybridized carbons (Fsp3) is 0.714. The molecule has 0 saturated carbocycles. The summed E-state index contributed by atoms with van der Waals surface area (Å²) in [6, 6.07) is 0. The predicted octanol–water partition coefficient (Wildman–Crippen LogP) is 1.47. The molecule has 104 valence electrons. The first-order valence-corrected chi connectivity index (χ1v) is 7.01. The molecule has 2 aliphatic rings. The molecule has 1 aromatic heterocycles. The van der Waals surface area contributed by atoms with Crippen molar-refractivity contribution in [2.75, 3.05) is 19.8 Å². The highest BCUT2D eigenvalue weighted by atomic mass is 16.5. The third-order valence-electron chi connectivity index (χ3n) is 4.25. The third-order valence-corrected chi connectivity index (χ3v) is 4.25. The highest BCUT2D eigenvalue weighted by Crippen LogP contribution is 2.33. The van der Waals surface area contributed by atoms with Crippen molar-refractivity contribution < 1.29 is 9.53 Å². The Hall–Kier alpha value is -1.36. The van der Waals surface area contributed by atoms with Gasteiger partial charge in [-0.3, -0.25) is 9.89 Å². The summed E-state index contributed by atoms with van der Waals surface area (Å²) in [7, 11) is 0. The number of carbonyl (C=O) groups excluding carboxylic acids is 1. The van der Waals surface area contributed by atoms with Crippen LogP contribution in [0.15, 0.2) is 6.20 Å². The lowest BCUT2D eigenvalue weighted by Crippen LogP contribution is -2.56. The van der Waals surface area contributed by atoms with Gasteiger partial charge in [0.2, 0.25) is 5.91 Å². The van der Waals surface area contributed by atoms with E-state index in [1.165, 1.54) is 5.56 Å². The van der Waals surface area contributed by atoms with Crippen LogP contribution < -0.4 is 0 Å². The van der Waals surface area contributed by atoms with Crippen molar-refractivity contribution in [2.45, 2.75) is 44.6 Å². The van der Waals surface area contributed by atoms with Crippen LogP contribution in [0, 0.1) is 0 Å². The van der Waals surface area contributed by atoms with Gasteiger partial charge in [0.15, 0.2) is 0 Å². The fourth-order valence-electron chi connectivity index (χ4n) is 3.16.